The first-order valence-corrected chi connectivity index (χ1v) is 7.32. The third-order valence-electron chi connectivity index (χ3n) is 4.26. The number of hydrogen-bond acceptors (Lipinski definition) is 1. The summed E-state index contributed by atoms with van der Waals surface area (Å²) in [4.78, 5) is 12.3. The fourth-order valence-corrected chi connectivity index (χ4v) is 3.20. The Balaban J connectivity index is 2.00. The van der Waals surface area contributed by atoms with E-state index in [-0.39, 0.29) is 17.0 Å². The molecular weight excluding hydrogens is 265 g/mol. The van der Waals surface area contributed by atoms with E-state index in [0.29, 0.717) is 13.0 Å². The van der Waals surface area contributed by atoms with Crippen LogP contribution in [0.2, 0.25) is 0 Å². The molecule has 1 aromatic heterocycles. The van der Waals surface area contributed by atoms with E-state index < -0.39 is 0 Å². The van der Waals surface area contributed by atoms with Gasteiger partial charge in [0.05, 0.1) is 0 Å². The maximum Gasteiger partial charge on any atom is 0.165 e. The lowest BCUT2D eigenvalue weighted by atomic mass is 9.76. The van der Waals surface area contributed by atoms with Gasteiger partial charge in [-0.2, -0.15) is 0 Å². The Morgan fingerprint density at radius 3 is 2.52 bits per heavy atom. The van der Waals surface area contributed by atoms with E-state index in [0.717, 1.165) is 28.9 Å². The highest BCUT2D eigenvalue weighted by molar-refractivity contribution is 5.99. The van der Waals surface area contributed by atoms with Crippen LogP contribution in [-0.2, 0) is 13.0 Å². The fraction of sp³-hybridized carbons (Fsp3) is 0.389. The predicted octanol–water partition coefficient (Wildman–Crippen LogP) is 4.14. The maximum absolute atomic E-state index is 13.0. The molecule has 0 spiro atoms. The lowest BCUT2D eigenvalue weighted by molar-refractivity contribution is 0.0910. The normalized spacial score (nSPS) is 16.9. The van der Waals surface area contributed by atoms with Crippen LogP contribution >= 0.6 is 0 Å². The van der Waals surface area contributed by atoms with Gasteiger partial charge in [0, 0.05) is 29.9 Å². The van der Waals surface area contributed by atoms with E-state index in [2.05, 4.69) is 18.4 Å². The number of aromatic nitrogens is 1. The van der Waals surface area contributed by atoms with Crippen LogP contribution in [0, 0.1) is 18.2 Å². The molecule has 0 radical (unpaired) electrons. The Morgan fingerprint density at radius 1 is 1.19 bits per heavy atom. The van der Waals surface area contributed by atoms with E-state index in [1.165, 1.54) is 12.1 Å². The van der Waals surface area contributed by atoms with Gasteiger partial charge >= 0.3 is 0 Å². The number of Topliss-reactive ketones (excluding diaryl/α,β-unsaturated/α-hetero) is 1. The van der Waals surface area contributed by atoms with Crippen molar-refractivity contribution in [2.45, 2.75) is 40.2 Å². The van der Waals surface area contributed by atoms with Crippen LogP contribution in [0.25, 0.3) is 0 Å². The van der Waals surface area contributed by atoms with Gasteiger partial charge in [0.2, 0.25) is 0 Å². The summed E-state index contributed by atoms with van der Waals surface area (Å²) >= 11 is 0. The number of halogens is 1. The zero-order valence-corrected chi connectivity index (χ0v) is 12.7. The summed E-state index contributed by atoms with van der Waals surface area (Å²) in [6.07, 6.45) is 1.52. The SMILES string of the molecule is Cc1cc2c(n1Cc1ccc(F)cc1)CC(C)(C)CC2=O. The van der Waals surface area contributed by atoms with Crippen molar-refractivity contribution in [2.75, 3.05) is 0 Å². The van der Waals surface area contributed by atoms with Gasteiger partial charge in [-0.15, -0.1) is 0 Å². The molecule has 3 heteroatoms. The molecule has 0 amide bonds. The summed E-state index contributed by atoms with van der Waals surface area (Å²) < 4.78 is 15.2. The molecule has 0 N–H and O–H groups in total. The average molecular weight is 285 g/mol. The summed E-state index contributed by atoms with van der Waals surface area (Å²) in [7, 11) is 0. The molecule has 0 saturated heterocycles. The first-order chi connectivity index (χ1) is 9.85. The van der Waals surface area contributed by atoms with Gasteiger partial charge in [0.1, 0.15) is 5.82 Å². The van der Waals surface area contributed by atoms with Crippen molar-refractivity contribution in [3.05, 3.63) is 58.7 Å². The lowest BCUT2D eigenvalue weighted by Gasteiger charge is -2.30. The lowest BCUT2D eigenvalue weighted by Crippen LogP contribution is -2.28. The second-order valence-electron chi connectivity index (χ2n) is 6.80. The van der Waals surface area contributed by atoms with Gasteiger partial charge in [-0.3, -0.25) is 4.79 Å². The molecule has 0 aliphatic heterocycles. The van der Waals surface area contributed by atoms with Gasteiger partial charge < -0.3 is 4.57 Å². The minimum absolute atomic E-state index is 0.00935. The van der Waals surface area contributed by atoms with E-state index >= 15 is 0 Å². The van der Waals surface area contributed by atoms with Gasteiger partial charge in [-0.25, -0.2) is 4.39 Å². The molecule has 21 heavy (non-hydrogen) atoms. The van der Waals surface area contributed by atoms with E-state index in [4.69, 9.17) is 0 Å². The summed E-state index contributed by atoms with van der Waals surface area (Å²) in [5.74, 6) is 0.0172. The highest BCUT2D eigenvalue weighted by atomic mass is 19.1. The second kappa shape index (κ2) is 4.83. The molecule has 0 bridgehead atoms. The Kier molecular flexibility index (Phi) is 3.23. The van der Waals surface area contributed by atoms with E-state index in [9.17, 15) is 9.18 Å². The van der Waals surface area contributed by atoms with Crippen molar-refractivity contribution in [2.24, 2.45) is 5.41 Å². The molecule has 0 fully saturated rings. The van der Waals surface area contributed by atoms with Crippen LogP contribution in [0.5, 0.6) is 0 Å². The van der Waals surface area contributed by atoms with Gasteiger partial charge in [0.25, 0.3) is 0 Å². The largest absolute Gasteiger partial charge is 0.344 e. The van der Waals surface area contributed by atoms with Gasteiger partial charge in [-0.05, 0) is 42.5 Å². The molecule has 0 atom stereocenters. The van der Waals surface area contributed by atoms with Crippen LogP contribution in [0.3, 0.4) is 0 Å². The van der Waals surface area contributed by atoms with Gasteiger partial charge in [0.15, 0.2) is 5.78 Å². The Hall–Kier alpha value is -1.90. The van der Waals surface area contributed by atoms with Crippen molar-refractivity contribution >= 4 is 5.78 Å². The van der Waals surface area contributed by atoms with Crippen LogP contribution in [0.1, 0.15) is 47.6 Å². The van der Waals surface area contributed by atoms with Crippen molar-refractivity contribution in [3.8, 4) is 0 Å². The first kappa shape index (κ1) is 14.1. The monoisotopic (exact) mass is 285 g/mol. The first-order valence-electron chi connectivity index (χ1n) is 7.32. The molecule has 0 unspecified atom stereocenters. The van der Waals surface area contributed by atoms with Crippen molar-refractivity contribution in [3.63, 3.8) is 0 Å². The molecule has 110 valence electrons. The summed E-state index contributed by atoms with van der Waals surface area (Å²) in [6.45, 7) is 6.99. The topological polar surface area (TPSA) is 22.0 Å². The smallest absolute Gasteiger partial charge is 0.165 e. The molecule has 2 nitrogen and oxygen atoms in total. The third-order valence-corrected chi connectivity index (χ3v) is 4.26. The summed E-state index contributed by atoms with van der Waals surface area (Å²) in [5, 5.41) is 0. The number of nitrogens with zero attached hydrogens (tertiary/aromatic N) is 1. The number of rotatable bonds is 2. The maximum atomic E-state index is 13.0. The van der Waals surface area contributed by atoms with Crippen molar-refractivity contribution in [1.82, 2.24) is 4.57 Å². The summed E-state index contributed by atoms with van der Waals surface area (Å²) in [6, 6.07) is 8.57. The highest BCUT2D eigenvalue weighted by Crippen LogP contribution is 2.36. The molecule has 2 aromatic rings. The minimum atomic E-state index is -0.221. The highest BCUT2D eigenvalue weighted by Gasteiger charge is 2.33. The zero-order chi connectivity index (χ0) is 15.2. The quantitative estimate of drug-likeness (QED) is 0.813. The second-order valence-corrected chi connectivity index (χ2v) is 6.80. The van der Waals surface area contributed by atoms with Crippen LogP contribution in [-0.4, -0.2) is 10.4 Å². The standard InChI is InChI=1S/C18H20FNO/c1-12-8-15-16(9-18(2,3)10-17(15)21)20(12)11-13-4-6-14(19)7-5-13/h4-8H,9-11H2,1-3H3. The zero-order valence-electron chi connectivity index (χ0n) is 12.7. The Bertz CT molecular complexity index is 695. The number of fused-ring (bicyclic) bond motifs is 1. The molecule has 1 heterocycles. The van der Waals surface area contributed by atoms with E-state index in [1.807, 2.05) is 13.0 Å². The number of carbonyl (C=O) groups is 1. The molecule has 1 aliphatic rings. The Labute approximate surface area is 124 Å². The number of benzene rings is 1. The van der Waals surface area contributed by atoms with Gasteiger partial charge in [-0.1, -0.05) is 26.0 Å². The minimum Gasteiger partial charge on any atom is -0.344 e. The molecular formula is C18H20FNO. The number of ketones is 1. The predicted molar refractivity (Wildman–Crippen MR) is 81.1 cm³/mol. The third kappa shape index (κ3) is 2.65. The fourth-order valence-electron chi connectivity index (χ4n) is 3.20. The average Bonchev–Trinajstić information content (AvgIpc) is 2.69. The molecule has 1 aromatic carbocycles. The Morgan fingerprint density at radius 2 is 1.86 bits per heavy atom. The number of hydrogen-bond donors (Lipinski definition) is 0. The van der Waals surface area contributed by atoms with Crippen LogP contribution < -0.4 is 0 Å². The number of aryl methyl sites for hydroxylation is 1. The molecule has 0 saturated carbocycles. The van der Waals surface area contributed by atoms with Crippen LogP contribution in [0.4, 0.5) is 4.39 Å². The molecule has 3 rings (SSSR count). The number of carbonyl (C=O) groups excluding carboxylic acids is 1. The van der Waals surface area contributed by atoms with Crippen molar-refractivity contribution < 1.29 is 9.18 Å². The van der Waals surface area contributed by atoms with E-state index in [1.54, 1.807) is 12.1 Å². The van der Waals surface area contributed by atoms with Crippen LogP contribution in [0.15, 0.2) is 30.3 Å². The summed E-state index contributed by atoms with van der Waals surface area (Å²) in [5.41, 5.74) is 4.14. The molecule has 1 aliphatic carbocycles. The van der Waals surface area contributed by atoms with Crippen molar-refractivity contribution in [1.29, 1.82) is 0 Å².